The van der Waals surface area contributed by atoms with E-state index < -0.39 is 11.7 Å². The molecule has 2 rings (SSSR count). The molecule has 0 aromatic heterocycles. The summed E-state index contributed by atoms with van der Waals surface area (Å²) in [6.07, 6.45) is -4.29. The van der Waals surface area contributed by atoms with Crippen molar-refractivity contribution in [2.45, 2.75) is 12.7 Å². The molecule has 0 radical (unpaired) electrons. The van der Waals surface area contributed by atoms with Crippen LogP contribution in [0.1, 0.15) is 11.1 Å². The number of ether oxygens (including phenoxy) is 1. The monoisotopic (exact) mass is 332 g/mol. The van der Waals surface area contributed by atoms with Crippen LogP contribution in [0.4, 0.5) is 13.2 Å². The Morgan fingerprint density at radius 1 is 1.04 bits per heavy atom. The zero-order valence-electron chi connectivity index (χ0n) is 13.1. The van der Waals surface area contributed by atoms with E-state index in [1.165, 1.54) is 12.1 Å². The standard InChI is InChI=1S/C16H23F3N2O2/c17-16(18,19)15-3-1-2-14(12-15)13-21-6-4-20(5-7-21)8-10-23-11-9-22/h1-3,12,22H,4-11,13H2. The number of alkyl halides is 3. The molecule has 0 atom stereocenters. The molecule has 0 spiro atoms. The molecule has 130 valence electrons. The van der Waals surface area contributed by atoms with E-state index >= 15 is 0 Å². The van der Waals surface area contributed by atoms with E-state index in [1.54, 1.807) is 6.07 Å². The third-order valence-electron chi connectivity index (χ3n) is 3.91. The average Bonchev–Trinajstić information content (AvgIpc) is 2.53. The van der Waals surface area contributed by atoms with Crippen molar-refractivity contribution >= 4 is 0 Å². The summed E-state index contributed by atoms with van der Waals surface area (Å²) < 4.78 is 43.4. The lowest BCUT2D eigenvalue weighted by atomic mass is 10.1. The highest BCUT2D eigenvalue weighted by Crippen LogP contribution is 2.29. The molecule has 1 N–H and O–H groups in total. The van der Waals surface area contributed by atoms with Crippen LogP contribution < -0.4 is 0 Å². The van der Waals surface area contributed by atoms with Gasteiger partial charge in [-0.3, -0.25) is 9.80 Å². The number of hydrogen-bond donors (Lipinski definition) is 1. The minimum Gasteiger partial charge on any atom is -0.394 e. The van der Waals surface area contributed by atoms with Gasteiger partial charge in [0.25, 0.3) is 0 Å². The molecule has 0 aliphatic carbocycles. The lowest BCUT2D eigenvalue weighted by Gasteiger charge is -2.34. The predicted octanol–water partition coefficient (Wildman–Crippen LogP) is 1.83. The largest absolute Gasteiger partial charge is 0.416 e. The molecule has 0 unspecified atom stereocenters. The molecule has 1 aliphatic heterocycles. The SMILES string of the molecule is OCCOCCN1CCN(Cc2cccc(C(F)(F)F)c2)CC1. The van der Waals surface area contributed by atoms with E-state index in [4.69, 9.17) is 9.84 Å². The van der Waals surface area contributed by atoms with E-state index in [-0.39, 0.29) is 6.61 Å². The Morgan fingerprint density at radius 2 is 1.74 bits per heavy atom. The normalized spacial score (nSPS) is 17.6. The lowest BCUT2D eigenvalue weighted by molar-refractivity contribution is -0.137. The summed E-state index contributed by atoms with van der Waals surface area (Å²) in [6.45, 7) is 5.75. The van der Waals surface area contributed by atoms with E-state index in [0.29, 0.717) is 25.3 Å². The Morgan fingerprint density at radius 3 is 2.39 bits per heavy atom. The van der Waals surface area contributed by atoms with Gasteiger partial charge in [0.2, 0.25) is 0 Å². The predicted molar refractivity (Wildman–Crippen MR) is 81.1 cm³/mol. The van der Waals surface area contributed by atoms with Gasteiger partial charge in [-0.15, -0.1) is 0 Å². The number of piperazine rings is 1. The van der Waals surface area contributed by atoms with Gasteiger partial charge in [-0.2, -0.15) is 13.2 Å². The molecular formula is C16H23F3N2O2. The summed E-state index contributed by atoms with van der Waals surface area (Å²) in [5.41, 5.74) is 0.106. The number of aliphatic hydroxyl groups excluding tert-OH is 1. The fourth-order valence-electron chi connectivity index (χ4n) is 2.64. The zero-order valence-corrected chi connectivity index (χ0v) is 13.1. The summed E-state index contributed by atoms with van der Waals surface area (Å²) in [5.74, 6) is 0. The molecule has 0 amide bonds. The Kier molecular flexibility index (Phi) is 6.83. The van der Waals surface area contributed by atoms with E-state index in [9.17, 15) is 13.2 Å². The lowest BCUT2D eigenvalue weighted by Crippen LogP contribution is -2.46. The molecule has 1 saturated heterocycles. The first-order valence-corrected chi connectivity index (χ1v) is 7.78. The number of rotatable bonds is 7. The van der Waals surface area contributed by atoms with Crippen LogP contribution in [-0.2, 0) is 17.5 Å². The summed E-state index contributed by atoms with van der Waals surface area (Å²) in [7, 11) is 0. The van der Waals surface area contributed by atoms with Crippen LogP contribution in [0.15, 0.2) is 24.3 Å². The van der Waals surface area contributed by atoms with Gasteiger partial charge in [0.15, 0.2) is 0 Å². The van der Waals surface area contributed by atoms with Crippen molar-refractivity contribution in [3.05, 3.63) is 35.4 Å². The van der Waals surface area contributed by atoms with Crippen LogP contribution in [0.25, 0.3) is 0 Å². The van der Waals surface area contributed by atoms with Crippen molar-refractivity contribution in [1.29, 1.82) is 0 Å². The third kappa shape index (κ3) is 6.10. The zero-order chi connectivity index (χ0) is 16.7. The number of benzene rings is 1. The van der Waals surface area contributed by atoms with Crippen LogP contribution in [0, 0.1) is 0 Å². The van der Waals surface area contributed by atoms with Gasteiger partial charge in [-0.25, -0.2) is 0 Å². The molecule has 7 heteroatoms. The Bertz CT molecular complexity index is 475. The summed E-state index contributed by atoms with van der Waals surface area (Å²) >= 11 is 0. The molecule has 1 fully saturated rings. The molecule has 0 saturated carbocycles. The van der Waals surface area contributed by atoms with Gasteiger partial charge in [0.05, 0.1) is 25.4 Å². The van der Waals surface area contributed by atoms with E-state index in [0.717, 1.165) is 38.8 Å². The highest BCUT2D eigenvalue weighted by atomic mass is 19.4. The maximum atomic E-state index is 12.7. The second kappa shape index (κ2) is 8.63. The number of nitrogens with zero attached hydrogens (tertiary/aromatic N) is 2. The van der Waals surface area contributed by atoms with Crippen LogP contribution in [-0.4, -0.2) is 67.5 Å². The highest BCUT2D eigenvalue weighted by Gasteiger charge is 2.30. The van der Waals surface area contributed by atoms with Crippen LogP contribution in [0.2, 0.25) is 0 Å². The van der Waals surface area contributed by atoms with Crippen LogP contribution in [0.5, 0.6) is 0 Å². The maximum Gasteiger partial charge on any atom is 0.416 e. The molecule has 1 aromatic carbocycles. The summed E-state index contributed by atoms with van der Waals surface area (Å²) in [5, 5.41) is 8.63. The van der Waals surface area contributed by atoms with Crippen molar-refractivity contribution in [1.82, 2.24) is 9.80 Å². The summed E-state index contributed by atoms with van der Waals surface area (Å²) in [6, 6.07) is 5.54. The fourth-order valence-corrected chi connectivity index (χ4v) is 2.64. The minimum absolute atomic E-state index is 0.0325. The molecule has 4 nitrogen and oxygen atoms in total. The molecular weight excluding hydrogens is 309 g/mol. The first kappa shape index (κ1) is 18.2. The molecule has 23 heavy (non-hydrogen) atoms. The van der Waals surface area contributed by atoms with Crippen molar-refractivity contribution in [2.24, 2.45) is 0 Å². The number of hydrogen-bond acceptors (Lipinski definition) is 4. The van der Waals surface area contributed by atoms with Gasteiger partial charge in [-0.05, 0) is 11.6 Å². The average molecular weight is 332 g/mol. The second-order valence-electron chi connectivity index (χ2n) is 5.65. The molecule has 1 heterocycles. The smallest absolute Gasteiger partial charge is 0.394 e. The molecule has 1 aromatic rings. The number of halogens is 3. The van der Waals surface area contributed by atoms with Crippen LogP contribution >= 0.6 is 0 Å². The van der Waals surface area contributed by atoms with Crippen LogP contribution in [0.3, 0.4) is 0 Å². The van der Waals surface area contributed by atoms with E-state index in [2.05, 4.69) is 9.80 Å². The van der Waals surface area contributed by atoms with Gasteiger partial charge in [0, 0.05) is 39.3 Å². The topological polar surface area (TPSA) is 35.9 Å². The Balaban J connectivity index is 1.76. The van der Waals surface area contributed by atoms with Gasteiger partial charge in [0.1, 0.15) is 0 Å². The van der Waals surface area contributed by atoms with E-state index in [1.807, 2.05) is 0 Å². The third-order valence-corrected chi connectivity index (χ3v) is 3.91. The van der Waals surface area contributed by atoms with Gasteiger partial charge in [-0.1, -0.05) is 18.2 Å². The van der Waals surface area contributed by atoms with Crippen molar-refractivity contribution < 1.29 is 23.0 Å². The van der Waals surface area contributed by atoms with Gasteiger partial charge < -0.3 is 9.84 Å². The molecule has 0 bridgehead atoms. The van der Waals surface area contributed by atoms with Crippen molar-refractivity contribution in [3.8, 4) is 0 Å². The highest BCUT2D eigenvalue weighted by molar-refractivity contribution is 5.25. The van der Waals surface area contributed by atoms with Gasteiger partial charge >= 0.3 is 6.18 Å². The fraction of sp³-hybridized carbons (Fsp3) is 0.625. The maximum absolute atomic E-state index is 12.7. The Hall–Kier alpha value is -1.15. The minimum atomic E-state index is -4.29. The number of aliphatic hydroxyl groups is 1. The second-order valence-corrected chi connectivity index (χ2v) is 5.65. The Labute approximate surface area is 134 Å². The quantitative estimate of drug-likeness (QED) is 0.773. The molecule has 1 aliphatic rings. The first-order valence-electron chi connectivity index (χ1n) is 7.78. The van der Waals surface area contributed by atoms with Crippen molar-refractivity contribution in [3.63, 3.8) is 0 Å². The first-order chi connectivity index (χ1) is 11.0. The summed E-state index contributed by atoms with van der Waals surface area (Å²) in [4.78, 5) is 4.43. The van der Waals surface area contributed by atoms with Crippen molar-refractivity contribution in [2.75, 3.05) is 52.5 Å².